The zero-order valence-corrected chi connectivity index (χ0v) is 12.6. The molecule has 0 aliphatic rings. The maximum atomic E-state index is 8.90. The summed E-state index contributed by atoms with van der Waals surface area (Å²) >= 11 is 6.10. The largest absolute Gasteiger partial charge is 0.380 e. The van der Waals surface area contributed by atoms with Crippen LogP contribution in [0.15, 0.2) is 30.6 Å². The number of halogens is 1. The molecule has 0 fully saturated rings. The third-order valence-electron chi connectivity index (χ3n) is 2.90. The van der Waals surface area contributed by atoms with Gasteiger partial charge in [-0.3, -0.25) is 4.68 Å². The molecule has 1 aromatic carbocycles. The number of hydrogen-bond acceptors (Lipinski definition) is 3. The van der Waals surface area contributed by atoms with E-state index in [-0.39, 0.29) is 5.54 Å². The number of rotatable bonds is 3. The van der Waals surface area contributed by atoms with Gasteiger partial charge in [-0.1, -0.05) is 11.6 Å². The first-order valence-corrected chi connectivity index (χ1v) is 6.75. The van der Waals surface area contributed by atoms with Crippen LogP contribution in [0.25, 0.3) is 0 Å². The van der Waals surface area contributed by atoms with E-state index in [1.165, 1.54) is 0 Å². The summed E-state index contributed by atoms with van der Waals surface area (Å²) in [6.07, 6.45) is 3.84. The number of nitrogens with zero attached hydrogens (tertiary/aromatic N) is 3. The average Bonchev–Trinajstić information content (AvgIpc) is 2.86. The molecule has 0 radical (unpaired) electrons. The smallest absolute Gasteiger partial charge is 0.0992 e. The number of hydrogen-bond donors (Lipinski definition) is 1. The van der Waals surface area contributed by atoms with Crippen molar-refractivity contribution in [2.75, 3.05) is 5.32 Å². The molecule has 1 aromatic heterocycles. The van der Waals surface area contributed by atoms with Crippen molar-refractivity contribution in [3.63, 3.8) is 0 Å². The lowest BCUT2D eigenvalue weighted by molar-refractivity contribution is 0.355. The molecule has 1 N–H and O–H groups in total. The summed E-state index contributed by atoms with van der Waals surface area (Å²) in [5.74, 6) is 0. The standard InChI is InChI=1S/C15H17ClN4/c1-15(2,3)20-10-12(9-19-20)8-18-14-6-11(7-17)4-5-13(14)16/h4-6,9-10,18H,8H2,1-3H3. The van der Waals surface area contributed by atoms with Gasteiger partial charge < -0.3 is 5.32 Å². The Balaban J connectivity index is 2.09. The SMILES string of the molecule is CC(C)(C)n1cc(CNc2cc(C#N)ccc2Cl)cn1. The molecule has 1 heterocycles. The van der Waals surface area contributed by atoms with E-state index in [0.717, 1.165) is 11.3 Å². The van der Waals surface area contributed by atoms with Gasteiger partial charge in [-0.05, 0) is 39.0 Å². The van der Waals surface area contributed by atoms with Crippen LogP contribution in [0.1, 0.15) is 31.9 Å². The number of nitriles is 1. The van der Waals surface area contributed by atoms with Crippen LogP contribution >= 0.6 is 11.6 Å². The fourth-order valence-electron chi connectivity index (χ4n) is 1.75. The van der Waals surface area contributed by atoms with E-state index in [0.29, 0.717) is 17.1 Å². The first kappa shape index (κ1) is 14.4. The third kappa shape index (κ3) is 3.31. The predicted octanol–water partition coefficient (Wildman–Crippen LogP) is 3.78. The molecule has 2 rings (SSSR count). The Bertz CT molecular complexity index is 647. The molecule has 20 heavy (non-hydrogen) atoms. The van der Waals surface area contributed by atoms with Crippen LogP contribution in [-0.4, -0.2) is 9.78 Å². The van der Waals surface area contributed by atoms with E-state index < -0.39 is 0 Å². The normalized spacial score (nSPS) is 11.2. The molecule has 5 heteroatoms. The van der Waals surface area contributed by atoms with Gasteiger partial charge in [0.1, 0.15) is 0 Å². The fraction of sp³-hybridized carbons (Fsp3) is 0.333. The molecule has 0 aliphatic heterocycles. The van der Waals surface area contributed by atoms with Crippen LogP contribution in [0.4, 0.5) is 5.69 Å². The molecular weight excluding hydrogens is 272 g/mol. The number of anilines is 1. The maximum Gasteiger partial charge on any atom is 0.0992 e. The van der Waals surface area contributed by atoms with Crippen LogP contribution in [0.2, 0.25) is 5.02 Å². The van der Waals surface area contributed by atoms with Gasteiger partial charge in [0.05, 0.1) is 34.1 Å². The highest BCUT2D eigenvalue weighted by Gasteiger charge is 2.13. The first-order valence-electron chi connectivity index (χ1n) is 6.38. The summed E-state index contributed by atoms with van der Waals surface area (Å²) in [5, 5.41) is 17.1. The van der Waals surface area contributed by atoms with Crippen molar-refractivity contribution >= 4 is 17.3 Å². The minimum atomic E-state index is -0.0311. The fourth-order valence-corrected chi connectivity index (χ4v) is 1.93. The lowest BCUT2D eigenvalue weighted by Gasteiger charge is -2.18. The quantitative estimate of drug-likeness (QED) is 0.935. The highest BCUT2D eigenvalue weighted by atomic mass is 35.5. The molecule has 4 nitrogen and oxygen atoms in total. The van der Waals surface area contributed by atoms with Crippen LogP contribution < -0.4 is 5.32 Å². The Morgan fingerprint density at radius 2 is 2.15 bits per heavy atom. The molecule has 0 saturated heterocycles. The van der Waals surface area contributed by atoms with Crippen molar-refractivity contribution < 1.29 is 0 Å². The molecule has 0 bridgehead atoms. The van der Waals surface area contributed by atoms with Gasteiger partial charge in [-0.25, -0.2) is 0 Å². The van der Waals surface area contributed by atoms with Gasteiger partial charge in [0.15, 0.2) is 0 Å². The zero-order chi connectivity index (χ0) is 14.8. The Labute approximate surface area is 124 Å². The summed E-state index contributed by atoms with van der Waals surface area (Å²) in [6, 6.07) is 7.27. The predicted molar refractivity (Wildman–Crippen MR) is 80.7 cm³/mol. The van der Waals surface area contributed by atoms with Crippen LogP contribution in [-0.2, 0) is 12.1 Å². The zero-order valence-electron chi connectivity index (χ0n) is 11.8. The minimum Gasteiger partial charge on any atom is -0.380 e. The van der Waals surface area contributed by atoms with Crippen molar-refractivity contribution in [3.8, 4) is 6.07 Å². The van der Waals surface area contributed by atoms with Crippen molar-refractivity contribution in [2.45, 2.75) is 32.9 Å². The summed E-state index contributed by atoms with van der Waals surface area (Å²) in [7, 11) is 0. The Hall–Kier alpha value is -1.99. The van der Waals surface area contributed by atoms with Gasteiger partial charge in [0, 0.05) is 18.3 Å². The Morgan fingerprint density at radius 1 is 1.40 bits per heavy atom. The number of aromatic nitrogens is 2. The van der Waals surface area contributed by atoms with E-state index in [1.54, 1.807) is 18.2 Å². The molecule has 0 unspecified atom stereocenters. The minimum absolute atomic E-state index is 0.0311. The van der Waals surface area contributed by atoms with Gasteiger partial charge in [0.2, 0.25) is 0 Å². The molecule has 0 amide bonds. The van der Waals surface area contributed by atoms with E-state index in [2.05, 4.69) is 37.3 Å². The van der Waals surface area contributed by atoms with Crippen molar-refractivity contribution in [3.05, 3.63) is 46.7 Å². The monoisotopic (exact) mass is 288 g/mol. The van der Waals surface area contributed by atoms with E-state index >= 15 is 0 Å². The highest BCUT2D eigenvalue weighted by molar-refractivity contribution is 6.33. The molecule has 0 aliphatic carbocycles. The molecule has 0 atom stereocenters. The van der Waals surface area contributed by atoms with E-state index in [9.17, 15) is 0 Å². The second kappa shape index (κ2) is 5.56. The molecule has 0 saturated carbocycles. The third-order valence-corrected chi connectivity index (χ3v) is 3.23. The Morgan fingerprint density at radius 3 is 2.75 bits per heavy atom. The van der Waals surface area contributed by atoms with Crippen molar-refractivity contribution in [1.29, 1.82) is 5.26 Å². The second-order valence-corrected chi connectivity index (χ2v) is 6.03. The van der Waals surface area contributed by atoms with E-state index in [1.807, 2.05) is 17.1 Å². The lowest BCUT2D eigenvalue weighted by atomic mass is 10.1. The topological polar surface area (TPSA) is 53.6 Å². The van der Waals surface area contributed by atoms with Crippen molar-refractivity contribution in [2.24, 2.45) is 0 Å². The Kier molecular flexibility index (Phi) is 4.01. The van der Waals surface area contributed by atoms with Gasteiger partial charge >= 0.3 is 0 Å². The van der Waals surface area contributed by atoms with Gasteiger partial charge in [-0.2, -0.15) is 10.4 Å². The molecule has 2 aromatic rings. The van der Waals surface area contributed by atoms with Crippen LogP contribution in [0.5, 0.6) is 0 Å². The molecule has 0 spiro atoms. The summed E-state index contributed by atoms with van der Waals surface area (Å²) < 4.78 is 1.93. The van der Waals surface area contributed by atoms with Gasteiger partial charge in [-0.15, -0.1) is 0 Å². The number of benzene rings is 1. The maximum absolute atomic E-state index is 8.90. The van der Waals surface area contributed by atoms with Crippen molar-refractivity contribution in [1.82, 2.24) is 9.78 Å². The van der Waals surface area contributed by atoms with E-state index in [4.69, 9.17) is 16.9 Å². The summed E-state index contributed by atoms with van der Waals surface area (Å²) in [5.41, 5.74) is 2.38. The summed E-state index contributed by atoms with van der Waals surface area (Å²) in [4.78, 5) is 0. The second-order valence-electron chi connectivity index (χ2n) is 5.62. The summed E-state index contributed by atoms with van der Waals surface area (Å²) in [6.45, 7) is 6.92. The first-order chi connectivity index (χ1) is 9.40. The number of nitrogens with one attached hydrogen (secondary N) is 1. The molecular formula is C15H17ClN4. The molecule has 104 valence electrons. The van der Waals surface area contributed by atoms with Gasteiger partial charge in [0.25, 0.3) is 0 Å². The van der Waals surface area contributed by atoms with Crippen LogP contribution in [0, 0.1) is 11.3 Å². The average molecular weight is 289 g/mol. The lowest BCUT2D eigenvalue weighted by Crippen LogP contribution is -2.21. The highest BCUT2D eigenvalue weighted by Crippen LogP contribution is 2.23. The van der Waals surface area contributed by atoms with Crippen LogP contribution in [0.3, 0.4) is 0 Å².